The Balaban J connectivity index is 1.85. The molecule has 128 valence electrons. The number of carbonyl (C=O) groups is 1. The minimum atomic E-state index is 0.0400. The van der Waals surface area contributed by atoms with E-state index in [1.807, 2.05) is 24.3 Å². The maximum Gasteiger partial charge on any atom is 0.220 e. The lowest BCUT2D eigenvalue weighted by atomic mass is 10.1. The number of carbonyl (C=O) groups excluding carboxylic acids is 1. The van der Waals surface area contributed by atoms with Gasteiger partial charge >= 0.3 is 0 Å². The van der Waals surface area contributed by atoms with Crippen LogP contribution < -0.4 is 16.0 Å². The number of nitrogens with one attached hydrogen (secondary N) is 1. The topological polar surface area (TPSA) is 71.2 Å². The summed E-state index contributed by atoms with van der Waals surface area (Å²) < 4.78 is 0. The first-order chi connectivity index (χ1) is 11.6. The van der Waals surface area contributed by atoms with Gasteiger partial charge in [0, 0.05) is 38.4 Å². The predicted octanol–water partition coefficient (Wildman–Crippen LogP) is 2.76. The van der Waals surface area contributed by atoms with E-state index in [0.29, 0.717) is 19.4 Å². The van der Waals surface area contributed by atoms with E-state index in [1.54, 1.807) is 12.4 Å². The van der Waals surface area contributed by atoms with Gasteiger partial charge in [-0.3, -0.25) is 9.78 Å². The van der Waals surface area contributed by atoms with Gasteiger partial charge < -0.3 is 16.0 Å². The van der Waals surface area contributed by atoms with Crippen molar-refractivity contribution in [2.24, 2.45) is 0 Å². The van der Waals surface area contributed by atoms with Crippen molar-refractivity contribution in [2.45, 2.75) is 33.2 Å². The minimum Gasteiger partial charge on any atom is -0.397 e. The van der Waals surface area contributed by atoms with E-state index < -0.39 is 0 Å². The maximum atomic E-state index is 12.0. The number of anilines is 2. The van der Waals surface area contributed by atoms with Crippen molar-refractivity contribution < 1.29 is 4.79 Å². The van der Waals surface area contributed by atoms with Crippen LogP contribution in [0.5, 0.6) is 0 Å². The van der Waals surface area contributed by atoms with Crippen LogP contribution in [0.15, 0.2) is 42.7 Å². The number of nitrogens with two attached hydrogens (primary N) is 1. The second-order valence-electron chi connectivity index (χ2n) is 5.70. The molecule has 0 saturated carbocycles. The zero-order valence-electron chi connectivity index (χ0n) is 14.5. The Morgan fingerprint density at radius 2 is 1.83 bits per heavy atom. The molecular weight excluding hydrogens is 300 g/mol. The molecule has 0 radical (unpaired) electrons. The quantitative estimate of drug-likeness (QED) is 0.732. The molecule has 0 aliphatic heterocycles. The predicted molar refractivity (Wildman–Crippen MR) is 98.8 cm³/mol. The lowest BCUT2D eigenvalue weighted by molar-refractivity contribution is -0.121. The van der Waals surface area contributed by atoms with E-state index in [0.717, 1.165) is 35.6 Å². The number of aromatic nitrogens is 1. The van der Waals surface area contributed by atoms with E-state index in [2.05, 4.69) is 35.1 Å². The zero-order chi connectivity index (χ0) is 17.4. The first-order valence-corrected chi connectivity index (χ1v) is 8.43. The molecule has 2 rings (SSSR count). The van der Waals surface area contributed by atoms with E-state index in [-0.39, 0.29) is 5.91 Å². The van der Waals surface area contributed by atoms with Gasteiger partial charge in [-0.15, -0.1) is 0 Å². The summed E-state index contributed by atoms with van der Waals surface area (Å²) >= 11 is 0. The Hall–Kier alpha value is -2.56. The van der Waals surface area contributed by atoms with Crippen LogP contribution in [-0.4, -0.2) is 24.0 Å². The monoisotopic (exact) mass is 326 g/mol. The second kappa shape index (κ2) is 8.91. The smallest absolute Gasteiger partial charge is 0.220 e. The first kappa shape index (κ1) is 17.8. The molecule has 3 N–H and O–H groups in total. The molecule has 1 aromatic heterocycles. The molecular formula is C19H26N4O. The summed E-state index contributed by atoms with van der Waals surface area (Å²) in [6.45, 7) is 6.62. The van der Waals surface area contributed by atoms with Crippen molar-refractivity contribution >= 4 is 17.3 Å². The first-order valence-electron chi connectivity index (χ1n) is 8.43. The summed E-state index contributed by atoms with van der Waals surface area (Å²) in [4.78, 5) is 18.2. The molecule has 0 bridgehead atoms. The lowest BCUT2D eigenvalue weighted by Gasteiger charge is -2.23. The van der Waals surface area contributed by atoms with Gasteiger partial charge in [-0.05, 0) is 55.7 Å². The highest BCUT2D eigenvalue weighted by Crippen LogP contribution is 2.24. The molecule has 0 fully saturated rings. The van der Waals surface area contributed by atoms with Gasteiger partial charge in [0.05, 0.1) is 11.4 Å². The van der Waals surface area contributed by atoms with Gasteiger partial charge in [-0.1, -0.05) is 6.07 Å². The normalized spacial score (nSPS) is 10.4. The molecule has 1 aromatic carbocycles. The van der Waals surface area contributed by atoms with Crippen molar-refractivity contribution in [3.63, 3.8) is 0 Å². The number of rotatable bonds is 8. The Kier molecular flexibility index (Phi) is 6.61. The van der Waals surface area contributed by atoms with Gasteiger partial charge in [-0.2, -0.15) is 0 Å². The van der Waals surface area contributed by atoms with Crippen LogP contribution in [0, 0.1) is 0 Å². The van der Waals surface area contributed by atoms with Crippen LogP contribution in [0.4, 0.5) is 11.4 Å². The zero-order valence-corrected chi connectivity index (χ0v) is 14.5. The molecule has 2 aromatic rings. The van der Waals surface area contributed by atoms with Crippen molar-refractivity contribution in [1.29, 1.82) is 0 Å². The number of hydrogen-bond donors (Lipinski definition) is 2. The van der Waals surface area contributed by atoms with E-state index >= 15 is 0 Å². The summed E-state index contributed by atoms with van der Waals surface area (Å²) in [5.41, 5.74) is 10.1. The number of amides is 1. The molecule has 0 aliphatic rings. The summed E-state index contributed by atoms with van der Waals surface area (Å²) in [6, 6.07) is 9.87. The van der Waals surface area contributed by atoms with Gasteiger partial charge in [0.2, 0.25) is 5.91 Å². The fraction of sp³-hybridized carbons (Fsp3) is 0.368. The molecule has 1 amide bonds. The molecule has 24 heavy (non-hydrogen) atoms. The highest BCUT2D eigenvalue weighted by Gasteiger charge is 2.08. The van der Waals surface area contributed by atoms with Gasteiger partial charge in [0.15, 0.2) is 0 Å². The number of hydrogen-bond acceptors (Lipinski definition) is 4. The number of nitrogen functional groups attached to an aromatic ring is 1. The maximum absolute atomic E-state index is 12.0. The standard InChI is InChI=1S/C19H26N4O/c1-3-23(4-2)18-7-5-15(13-17(18)20)6-8-19(24)22-14-16-9-11-21-12-10-16/h5,7,9-13H,3-4,6,8,14,20H2,1-2H3,(H,22,24). The number of benzene rings is 1. The largest absolute Gasteiger partial charge is 0.397 e. The molecule has 0 saturated heterocycles. The molecule has 0 atom stereocenters. The molecule has 0 spiro atoms. The highest BCUT2D eigenvalue weighted by atomic mass is 16.1. The highest BCUT2D eigenvalue weighted by molar-refractivity contribution is 5.76. The van der Waals surface area contributed by atoms with Crippen molar-refractivity contribution in [2.75, 3.05) is 23.7 Å². The minimum absolute atomic E-state index is 0.0400. The molecule has 0 unspecified atom stereocenters. The Morgan fingerprint density at radius 3 is 2.46 bits per heavy atom. The van der Waals surface area contributed by atoms with E-state index in [9.17, 15) is 4.79 Å². The molecule has 5 heteroatoms. The fourth-order valence-electron chi connectivity index (χ4n) is 2.66. The Bertz CT molecular complexity index is 654. The lowest BCUT2D eigenvalue weighted by Crippen LogP contribution is -2.23. The average Bonchev–Trinajstić information content (AvgIpc) is 2.61. The molecule has 0 aliphatic carbocycles. The van der Waals surface area contributed by atoms with Crippen LogP contribution in [0.25, 0.3) is 0 Å². The van der Waals surface area contributed by atoms with Gasteiger partial charge in [-0.25, -0.2) is 0 Å². The van der Waals surface area contributed by atoms with Crippen LogP contribution in [0.1, 0.15) is 31.4 Å². The molecule has 5 nitrogen and oxygen atoms in total. The number of aryl methyl sites for hydroxylation is 1. The van der Waals surface area contributed by atoms with Crippen molar-refractivity contribution in [3.05, 3.63) is 53.9 Å². The Morgan fingerprint density at radius 1 is 1.12 bits per heavy atom. The number of pyridine rings is 1. The summed E-state index contributed by atoms with van der Waals surface area (Å²) in [6.07, 6.45) is 4.59. The van der Waals surface area contributed by atoms with Crippen LogP contribution >= 0.6 is 0 Å². The summed E-state index contributed by atoms with van der Waals surface area (Å²) in [5.74, 6) is 0.0400. The SMILES string of the molecule is CCN(CC)c1ccc(CCC(=O)NCc2ccncc2)cc1N. The van der Waals surface area contributed by atoms with Crippen LogP contribution in [0.2, 0.25) is 0 Å². The van der Waals surface area contributed by atoms with E-state index in [4.69, 9.17) is 5.73 Å². The average molecular weight is 326 g/mol. The van der Waals surface area contributed by atoms with E-state index in [1.165, 1.54) is 0 Å². The van der Waals surface area contributed by atoms with Crippen LogP contribution in [0.3, 0.4) is 0 Å². The summed E-state index contributed by atoms with van der Waals surface area (Å²) in [5, 5.41) is 2.93. The third-order valence-electron chi connectivity index (χ3n) is 4.08. The van der Waals surface area contributed by atoms with Crippen LogP contribution in [-0.2, 0) is 17.8 Å². The third kappa shape index (κ3) is 4.98. The third-order valence-corrected chi connectivity index (χ3v) is 4.08. The van der Waals surface area contributed by atoms with Crippen molar-refractivity contribution in [1.82, 2.24) is 10.3 Å². The van der Waals surface area contributed by atoms with Gasteiger partial charge in [0.1, 0.15) is 0 Å². The van der Waals surface area contributed by atoms with Gasteiger partial charge in [0.25, 0.3) is 0 Å². The summed E-state index contributed by atoms with van der Waals surface area (Å²) in [7, 11) is 0. The second-order valence-corrected chi connectivity index (χ2v) is 5.70. The fourth-order valence-corrected chi connectivity index (χ4v) is 2.66. The Labute approximate surface area is 143 Å². The number of nitrogens with zero attached hydrogens (tertiary/aromatic N) is 2. The molecule has 1 heterocycles. The van der Waals surface area contributed by atoms with Crippen molar-refractivity contribution in [3.8, 4) is 0 Å².